The van der Waals surface area contributed by atoms with Crippen molar-refractivity contribution in [2.45, 2.75) is 90.0 Å². The smallest absolute Gasteiger partial charge is 0.306 e. The fourth-order valence-electron chi connectivity index (χ4n) is 4.51. The number of nitrogens with zero attached hydrogens (tertiary/aromatic N) is 1. The molecule has 0 radical (unpaired) electrons. The molecule has 0 aliphatic carbocycles. The highest BCUT2D eigenvalue weighted by Crippen LogP contribution is 2.16. The Labute approximate surface area is 255 Å². The largest absolute Gasteiger partial charge is 0.481 e. The van der Waals surface area contributed by atoms with E-state index in [0.29, 0.717) is 56.3 Å². The van der Waals surface area contributed by atoms with Crippen molar-refractivity contribution in [1.29, 1.82) is 5.41 Å². The molecule has 0 bridgehead atoms. The molecule has 1 aromatic carbocycles. The summed E-state index contributed by atoms with van der Waals surface area (Å²) in [5.74, 6) is -2.69. The zero-order valence-electron chi connectivity index (χ0n) is 25.9. The summed E-state index contributed by atoms with van der Waals surface area (Å²) in [5, 5.41) is 25.5. The maximum atomic E-state index is 12.4. The summed E-state index contributed by atoms with van der Waals surface area (Å²) < 4.78 is 0. The SMILES string of the molecule is CCC(=O)NC(CCCC(=O)NCCCCC(CC(=O)CCC(=O)Nc1ccc(C(=N)N)cc1)C(=O)O)CCCN(C)C. The second kappa shape index (κ2) is 21.0. The molecule has 2 unspecified atom stereocenters. The molecule has 1 rings (SSSR count). The molecular weight excluding hydrogens is 552 g/mol. The third-order valence-corrected chi connectivity index (χ3v) is 7.04. The number of hydrogen-bond acceptors (Lipinski definition) is 7. The van der Waals surface area contributed by atoms with Gasteiger partial charge in [0.05, 0.1) is 5.92 Å². The van der Waals surface area contributed by atoms with E-state index in [0.717, 1.165) is 25.8 Å². The standard InChI is InChI=1S/C31H50N6O6/c1-4-27(39)35-24(11-8-20-37(2)3)10-7-12-28(40)34-19-6-5-9-23(31(42)43)21-26(38)17-18-29(41)36-25-15-13-22(14-16-25)30(32)33/h13-16,23-24H,4-12,17-21H2,1-3H3,(H3,32,33)(H,34,40)(H,35,39)(H,36,41)(H,42,43). The van der Waals surface area contributed by atoms with Crippen LogP contribution in [0.5, 0.6) is 0 Å². The van der Waals surface area contributed by atoms with E-state index in [1.54, 1.807) is 24.3 Å². The van der Waals surface area contributed by atoms with E-state index in [2.05, 4.69) is 20.9 Å². The number of anilines is 1. The second-order valence-electron chi connectivity index (χ2n) is 11.1. The Morgan fingerprint density at radius 1 is 0.884 bits per heavy atom. The molecule has 0 aromatic heterocycles. The van der Waals surface area contributed by atoms with Crippen LogP contribution < -0.4 is 21.7 Å². The highest BCUT2D eigenvalue weighted by atomic mass is 16.4. The van der Waals surface area contributed by atoms with Gasteiger partial charge in [0.15, 0.2) is 0 Å². The predicted octanol–water partition coefficient (Wildman–Crippen LogP) is 3.04. The number of nitrogens with one attached hydrogen (secondary N) is 4. The van der Waals surface area contributed by atoms with Crippen LogP contribution in [0.25, 0.3) is 0 Å². The summed E-state index contributed by atoms with van der Waals surface area (Å²) in [6.45, 7) is 3.18. The lowest BCUT2D eigenvalue weighted by Gasteiger charge is -2.19. The van der Waals surface area contributed by atoms with Crippen molar-refractivity contribution < 1.29 is 29.1 Å². The highest BCUT2D eigenvalue weighted by molar-refractivity contribution is 5.97. The second-order valence-corrected chi connectivity index (χ2v) is 11.1. The minimum atomic E-state index is -1.05. The van der Waals surface area contributed by atoms with Gasteiger partial charge in [-0.2, -0.15) is 0 Å². The number of carbonyl (C=O) groups is 5. The van der Waals surface area contributed by atoms with Crippen LogP contribution in [0.4, 0.5) is 5.69 Å². The maximum absolute atomic E-state index is 12.4. The number of hydrogen-bond donors (Lipinski definition) is 6. The number of Topliss-reactive ketones (excluding diaryl/α,β-unsaturated/α-hetero) is 1. The number of nitrogen functional groups attached to an aromatic ring is 1. The van der Waals surface area contributed by atoms with Crippen LogP contribution in [-0.2, 0) is 24.0 Å². The Kier molecular flexibility index (Phi) is 18.2. The van der Waals surface area contributed by atoms with Crippen molar-refractivity contribution in [3.63, 3.8) is 0 Å². The number of amides is 3. The Morgan fingerprint density at radius 3 is 2.16 bits per heavy atom. The van der Waals surface area contributed by atoms with Crippen molar-refractivity contribution in [1.82, 2.24) is 15.5 Å². The summed E-state index contributed by atoms with van der Waals surface area (Å²) in [6, 6.07) is 6.48. The number of nitrogens with two attached hydrogens (primary N) is 1. The normalized spacial score (nSPS) is 12.3. The molecule has 7 N–H and O–H groups in total. The molecule has 12 heteroatoms. The molecule has 12 nitrogen and oxygen atoms in total. The van der Waals surface area contributed by atoms with Crippen LogP contribution >= 0.6 is 0 Å². The van der Waals surface area contributed by atoms with Gasteiger partial charge in [-0.05, 0) is 83.4 Å². The van der Waals surface area contributed by atoms with Crippen molar-refractivity contribution in [3.8, 4) is 0 Å². The molecular formula is C31H50N6O6. The van der Waals surface area contributed by atoms with Gasteiger partial charge in [0.25, 0.3) is 0 Å². The topological polar surface area (TPSA) is 195 Å². The number of unbranched alkanes of at least 4 members (excludes halogenated alkanes) is 1. The summed E-state index contributed by atoms with van der Waals surface area (Å²) >= 11 is 0. The fourth-order valence-corrected chi connectivity index (χ4v) is 4.51. The zero-order valence-corrected chi connectivity index (χ0v) is 25.9. The van der Waals surface area contributed by atoms with Crippen LogP contribution in [0.15, 0.2) is 24.3 Å². The number of amidine groups is 1. The van der Waals surface area contributed by atoms with Gasteiger partial charge >= 0.3 is 5.97 Å². The van der Waals surface area contributed by atoms with E-state index in [1.165, 1.54) is 0 Å². The molecule has 0 saturated carbocycles. The summed E-state index contributed by atoms with van der Waals surface area (Å²) in [7, 11) is 4.02. The number of carbonyl (C=O) groups excluding carboxylic acids is 4. The number of carboxylic acids is 1. The number of ketones is 1. The number of benzene rings is 1. The van der Waals surface area contributed by atoms with E-state index in [9.17, 15) is 29.1 Å². The van der Waals surface area contributed by atoms with Gasteiger partial charge in [-0.1, -0.05) is 13.3 Å². The van der Waals surface area contributed by atoms with Gasteiger partial charge in [-0.25, -0.2) is 0 Å². The molecule has 0 aliphatic heterocycles. The van der Waals surface area contributed by atoms with E-state index >= 15 is 0 Å². The first-order chi connectivity index (χ1) is 20.4. The third kappa shape index (κ3) is 17.7. The molecule has 3 amide bonds. The Balaban J connectivity index is 2.29. The van der Waals surface area contributed by atoms with Gasteiger partial charge in [0.1, 0.15) is 11.6 Å². The fraction of sp³-hybridized carbons (Fsp3) is 0.613. The Hall–Kier alpha value is -3.80. The van der Waals surface area contributed by atoms with Crippen molar-refractivity contribution >= 4 is 41.0 Å². The Bertz CT molecular complexity index is 1060. The van der Waals surface area contributed by atoms with Crippen LogP contribution in [0.1, 0.15) is 89.5 Å². The monoisotopic (exact) mass is 602 g/mol. The predicted molar refractivity (Wildman–Crippen MR) is 167 cm³/mol. The van der Waals surface area contributed by atoms with Crippen molar-refractivity contribution in [2.75, 3.05) is 32.5 Å². The minimum absolute atomic E-state index is 0.0140. The van der Waals surface area contributed by atoms with Crippen molar-refractivity contribution in [3.05, 3.63) is 29.8 Å². The number of aliphatic carboxylic acids is 1. The summed E-state index contributed by atoms with van der Waals surface area (Å²) in [6.07, 6.45) is 5.18. The van der Waals surface area contributed by atoms with Crippen LogP contribution in [0.2, 0.25) is 0 Å². The molecule has 240 valence electrons. The lowest BCUT2D eigenvalue weighted by molar-refractivity contribution is -0.144. The van der Waals surface area contributed by atoms with Crippen molar-refractivity contribution in [2.24, 2.45) is 11.7 Å². The molecule has 0 heterocycles. The molecule has 43 heavy (non-hydrogen) atoms. The quantitative estimate of drug-likeness (QED) is 0.0624. The molecule has 0 fully saturated rings. The zero-order chi connectivity index (χ0) is 32.2. The summed E-state index contributed by atoms with van der Waals surface area (Å²) in [5.41, 5.74) is 6.45. The third-order valence-electron chi connectivity index (χ3n) is 7.04. The molecule has 0 spiro atoms. The van der Waals surface area contributed by atoms with Gasteiger partial charge in [-0.3, -0.25) is 29.4 Å². The molecule has 1 aromatic rings. The first kappa shape index (κ1) is 37.2. The van der Waals surface area contributed by atoms with Gasteiger partial charge < -0.3 is 31.7 Å². The Morgan fingerprint density at radius 2 is 1.56 bits per heavy atom. The average molecular weight is 603 g/mol. The first-order valence-electron chi connectivity index (χ1n) is 15.1. The van der Waals surface area contributed by atoms with E-state index in [1.807, 2.05) is 21.0 Å². The van der Waals surface area contributed by atoms with Crippen LogP contribution in [-0.4, -0.2) is 78.5 Å². The molecule has 0 saturated heterocycles. The van der Waals surface area contributed by atoms with Gasteiger partial charge in [0.2, 0.25) is 17.7 Å². The maximum Gasteiger partial charge on any atom is 0.306 e. The van der Waals surface area contributed by atoms with Crippen LogP contribution in [0, 0.1) is 11.3 Å². The van der Waals surface area contributed by atoms with Gasteiger partial charge in [-0.15, -0.1) is 0 Å². The lowest BCUT2D eigenvalue weighted by atomic mass is 9.94. The average Bonchev–Trinajstić information content (AvgIpc) is 2.95. The van der Waals surface area contributed by atoms with E-state index < -0.39 is 11.9 Å². The molecule has 2 atom stereocenters. The van der Waals surface area contributed by atoms with E-state index in [-0.39, 0.29) is 54.6 Å². The minimum Gasteiger partial charge on any atom is -0.481 e. The first-order valence-corrected chi connectivity index (χ1v) is 15.1. The van der Waals surface area contributed by atoms with Crippen LogP contribution in [0.3, 0.4) is 0 Å². The van der Waals surface area contributed by atoms with E-state index in [4.69, 9.17) is 11.1 Å². The summed E-state index contributed by atoms with van der Waals surface area (Å²) in [4.78, 5) is 62.4. The molecule has 0 aliphatic rings. The number of carboxylic acid groups (broad SMARTS) is 1. The lowest BCUT2D eigenvalue weighted by Crippen LogP contribution is -2.35. The number of rotatable bonds is 23. The highest BCUT2D eigenvalue weighted by Gasteiger charge is 2.21. The van der Waals surface area contributed by atoms with Gasteiger partial charge in [0, 0.05) is 55.9 Å².